The van der Waals surface area contributed by atoms with E-state index in [9.17, 15) is 0 Å². The van der Waals surface area contributed by atoms with Gasteiger partial charge in [-0.3, -0.25) is 0 Å². The summed E-state index contributed by atoms with van der Waals surface area (Å²) in [6.07, 6.45) is 2.69. The average Bonchev–Trinajstić information content (AvgIpc) is 3.04. The molecule has 0 saturated heterocycles. The summed E-state index contributed by atoms with van der Waals surface area (Å²) in [5.41, 5.74) is 2.08. The number of aromatic nitrogens is 3. The molecule has 1 aromatic carbocycles. The van der Waals surface area contributed by atoms with Crippen molar-refractivity contribution in [2.45, 2.75) is 6.42 Å². The summed E-state index contributed by atoms with van der Waals surface area (Å²) in [6, 6.07) is 8.19. The third-order valence-corrected chi connectivity index (χ3v) is 3.13. The number of methoxy groups -OCH3 is 1. The molecule has 3 rings (SSSR count). The minimum atomic E-state index is 0.550. The van der Waals surface area contributed by atoms with Gasteiger partial charge in [0.15, 0.2) is 5.82 Å². The maximum Gasteiger partial charge on any atom is 0.257 e. The van der Waals surface area contributed by atoms with Gasteiger partial charge in [0.05, 0.1) is 6.61 Å². The molecule has 0 aliphatic carbocycles. The van der Waals surface area contributed by atoms with Crippen LogP contribution in [0.25, 0.3) is 22.4 Å². The number of fused-ring (bicyclic) bond motifs is 1. The summed E-state index contributed by atoms with van der Waals surface area (Å²) in [7, 11) is 3.67. The Hall–Kier alpha value is -2.14. The summed E-state index contributed by atoms with van der Waals surface area (Å²) in [5, 5.41) is 5.15. The van der Waals surface area contributed by atoms with Gasteiger partial charge < -0.3 is 13.8 Å². The van der Waals surface area contributed by atoms with Crippen LogP contribution >= 0.6 is 0 Å². The molecule has 5 nitrogen and oxygen atoms in total. The summed E-state index contributed by atoms with van der Waals surface area (Å²) in [6.45, 7) is 0.593. The molecule has 0 unspecified atom stereocenters. The molecular weight excluding hydrogens is 242 g/mol. The van der Waals surface area contributed by atoms with Crippen molar-refractivity contribution in [3.8, 4) is 11.5 Å². The van der Waals surface area contributed by atoms with Gasteiger partial charge in [-0.25, -0.2) is 0 Å². The minimum Gasteiger partial charge on any atom is -0.384 e. The van der Waals surface area contributed by atoms with Gasteiger partial charge in [-0.15, -0.1) is 0 Å². The predicted molar refractivity (Wildman–Crippen MR) is 71.8 cm³/mol. The Bertz CT molecular complexity index is 700. The van der Waals surface area contributed by atoms with Crippen LogP contribution in [0.2, 0.25) is 0 Å². The highest BCUT2D eigenvalue weighted by Gasteiger charge is 2.10. The molecule has 0 amide bonds. The van der Waals surface area contributed by atoms with Crippen molar-refractivity contribution < 1.29 is 9.26 Å². The zero-order chi connectivity index (χ0) is 13.2. The molecule has 2 heterocycles. The van der Waals surface area contributed by atoms with Crippen molar-refractivity contribution in [1.29, 1.82) is 0 Å². The molecule has 2 aromatic heterocycles. The van der Waals surface area contributed by atoms with Crippen LogP contribution in [-0.4, -0.2) is 28.4 Å². The van der Waals surface area contributed by atoms with E-state index >= 15 is 0 Å². The Kier molecular flexibility index (Phi) is 3.05. The lowest BCUT2D eigenvalue weighted by Gasteiger charge is -1.98. The van der Waals surface area contributed by atoms with E-state index in [0.29, 0.717) is 24.7 Å². The maximum absolute atomic E-state index is 5.29. The van der Waals surface area contributed by atoms with Crippen molar-refractivity contribution in [1.82, 2.24) is 14.7 Å². The maximum atomic E-state index is 5.29. The van der Waals surface area contributed by atoms with Crippen LogP contribution in [0.1, 0.15) is 5.82 Å². The van der Waals surface area contributed by atoms with Gasteiger partial charge in [-0.05, 0) is 23.6 Å². The van der Waals surface area contributed by atoms with Gasteiger partial charge in [0.1, 0.15) is 0 Å². The Morgan fingerprint density at radius 2 is 2.21 bits per heavy atom. The standard InChI is InChI=1S/C14H15N3O2/c1-17-7-5-10-3-4-11(9-12(10)17)14-15-13(16-19-14)6-8-18-2/h3-5,7,9H,6,8H2,1-2H3. The quantitative estimate of drug-likeness (QED) is 0.720. The SMILES string of the molecule is COCCc1noc(-c2ccc3ccn(C)c3c2)n1. The summed E-state index contributed by atoms with van der Waals surface area (Å²) < 4.78 is 12.4. The van der Waals surface area contributed by atoms with E-state index in [1.165, 1.54) is 5.39 Å². The van der Waals surface area contributed by atoms with Crippen LogP contribution in [0.4, 0.5) is 0 Å². The second-order valence-electron chi connectivity index (χ2n) is 4.46. The van der Waals surface area contributed by atoms with Crippen molar-refractivity contribution in [2.24, 2.45) is 7.05 Å². The van der Waals surface area contributed by atoms with Gasteiger partial charge in [0, 0.05) is 37.9 Å². The fraction of sp³-hybridized carbons (Fsp3) is 0.286. The first kappa shape index (κ1) is 11.9. The van der Waals surface area contributed by atoms with Crippen LogP contribution < -0.4 is 0 Å². The number of benzene rings is 1. The third-order valence-electron chi connectivity index (χ3n) is 3.13. The first-order chi connectivity index (χ1) is 9.28. The van der Waals surface area contributed by atoms with E-state index in [1.807, 2.05) is 19.3 Å². The number of ether oxygens (including phenoxy) is 1. The zero-order valence-corrected chi connectivity index (χ0v) is 11.0. The van der Waals surface area contributed by atoms with Gasteiger partial charge in [-0.1, -0.05) is 11.2 Å². The molecule has 0 N–H and O–H groups in total. The molecule has 3 aromatic rings. The number of hydrogen-bond donors (Lipinski definition) is 0. The molecule has 0 radical (unpaired) electrons. The van der Waals surface area contributed by atoms with Crippen LogP contribution in [-0.2, 0) is 18.2 Å². The van der Waals surface area contributed by atoms with Crippen LogP contribution in [0.5, 0.6) is 0 Å². The third kappa shape index (κ3) is 2.24. The van der Waals surface area contributed by atoms with E-state index in [2.05, 4.69) is 32.9 Å². The number of nitrogens with zero attached hydrogens (tertiary/aromatic N) is 3. The molecule has 0 spiro atoms. The Labute approximate surface area is 110 Å². The summed E-state index contributed by atoms with van der Waals surface area (Å²) in [5.74, 6) is 1.22. The first-order valence-corrected chi connectivity index (χ1v) is 6.15. The lowest BCUT2D eigenvalue weighted by atomic mass is 10.1. The Balaban J connectivity index is 1.94. The average molecular weight is 257 g/mol. The molecular formula is C14H15N3O2. The number of aryl methyl sites for hydroxylation is 1. The second-order valence-corrected chi connectivity index (χ2v) is 4.46. The van der Waals surface area contributed by atoms with Crippen LogP contribution in [0.15, 0.2) is 35.0 Å². The highest BCUT2D eigenvalue weighted by Crippen LogP contribution is 2.23. The molecule has 5 heteroatoms. The largest absolute Gasteiger partial charge is 0.384 e. The van der Waals surface area contributed by atoms with E-state index in [-0.39, 0.29) is 0 Å². The lowest BCUT2D eigenvalue weighted by molar-refractivity contribution is 0.199. The molecule has 98 valence electrons. The number of hydrogen-bond acceptors (Lipinski definition) is 4. The van der Waals surface area contributed by atoms with E-state index in [1.54, 1.807) is 7.11 Å². The highest BCUT2D eigenvalue weighted by atomic mass is 16.5. The van der Waals surface area contributed by atoms with Crippen molar-refractivity contribution in [3.05, 3.63) is 36.3 Å². The Morgan fingerprint density at radius 1 is 1.32 bits per heavy atom. The summed E-state index contributed by atoms with van der Waals surface area (Å²) >= 11 is 0. The fourth-order valence-corrected chi connectivity index (χ4v) is 2.06. The van der Waals surface area contributed by atoms with Gasteiger partial charge in [0.25, 0.3) is 5.89 Å². The van der Waals surface area contributed by atoms with Crippen molar-refractivity contribution in [3.63, 3.8) is 0 Å². The Morgan fingerprint density at radius 3 is 3.05 bits per heavy atom. The molecule has 19 heavy (non-hydrogen) atoms. The normalized spacial score (nSPS) is 11.3. The van der Waals surface area contributed by atoms with Crippen LogP contribution in [0, 0.1) is 0 Å². The van der Waals surface area contributed by atoms with E-state index < -0.39 is 0 Å². The first-order valence-electron chi connectivity index (χ1n) is 6.15. The molecule has 0 bridgehead atoms. The van der Waals surface area contributed by atoms with E-state index in [4.69, 9.17) is 9.26 Å². The molecule has 0 atom stereocenters. The summed E-state index contributed by atoms with van der Waals surface area (Å²) in [4.78, 5) is 4.37. The molecule has 0 aliphatic rings. The second kappa shape index (κ2) is 4.85. The monoisotopic (exact) mass is 257 g/mol. The highest BCUT2D eigenvalue weighted by molar-refractivity contribution is 5.84. The number of rotatable bonds is 4. The van der Waals surface area contributed by atoms with Crippen molar-refractivity contribution in [2.75, 3.05) is 13.7 Å². The van der Waals surface area contributed by atoms with Gasteiger partial charge in [-0.2, -0.15) is 4.98 Å². The van der Waals surface area contributed by atoms with Crippen molar-refractivity contribution >= 4 is 10.9 Å². The predicted octanol–water partition coefficient (Wildman–Crippen LogP) is 2.42. The molecule has 0 aliphatic heterocycles. The fourth-order valence-electron chi connectivity index (χ4n) is 2.06. The van der Waals surface area contributed by atoms with Crippen LogP contribution in [0.3, 0.4) is 0 Å². The molecule has 0 saturated carbocycles. The van der Waals surface area contributed by atoms with Gasteiger partial charge >= 0.3 is 0 Å². The smallest absolute Gasteiger partial charge is 0.257 e. The lowest BCUT2D eigenvalue weighted by Crippen LogP contribution is -1.96. The van der Waals surface area contributed by atoms with E-state index in [0.717, 1.165) is 11.1 Å². The minimum absolute atomic E-state index is 0.550. The van der Waals surface area contributed by atoms with Gasteiger partial charge in [0.2, 0.25) is 0 Å². The molecule has 0 fully saturated rings. The topological polar surface area (TPSA) is 53.1 Å². The zero-order valence-electron chi connectivity index (χ0n) is 11.0.